The van der Waals surface area contributed by atoms with Crippen LogP contribution >= 0.6 is 0 Å². The fourth-order valence-electron chi connectivity index (χ4n) is 1.49. The van der Waals surface area contributed by atoms with Gasteiger partial charge >= 0.3 is 5.69 Å². The highest BCUT2D eigenvalue weighted by Gasteiger charge is 2.11. The smallest absolute Gasteiger partial charge is 0.293 e. The van der Waals surface area contributed by atoms with E-state index in [0.29, 0.717) is 11.0 Å². The molecule has 74 valence electrons. The lowest BCUT2D eigenvalue weighted by Gasteiger charge is -2.02. The Balaban J connectivity index is 3.22. The third kappa shape index (κ3) is 0.876. The summed E-state index contributed by atoms with van der Waals surface area (Å²) in [4.78, 5) is 23.2. The van der Waals surface area contributed by atoms with Crippen LogP contribution < -0.4 is 11.2 Å². The summed E-state index contributed by atoms with van der Waals surface area (Å²) in [5, 5.41) is 3.94. The van der Waals surface area contributed by atoms with Gasteiger partial charge in [0.15, 0.2) is 0 Å². The highest BCUT2D eigenvalue weighted by molar-refractivity contribution is 5.73. The Hall–Kier alpha value is -1.85. The molecule has 2 rings (SSSR count). The Kier molecular flexibility index (Phi) is 1.60. The Bertz CT molecular complexity index is 617. The first-order valence-electron chi connectivity index (χ1n) is 4.11. The van der Waals surface area contributed by atoms with Crippen LogP contribution in [0.4, 0.5) is 0 Å². The molecule has 0 saturated heterocycles. The first kappa shape index (κ1) is 8.74. The lowest BCUT2D eigenvalue weighted by Crippen LogP contribution is -2.37. The molecule has 0 bridgehead atoms. The van der Waals surface area contributed by atoms with E-state index >= 15 is 0 Å². The van der Waals surface area contributed by atoms with Gasteiger partial charge in [-0.1, -0.05) is 0 Å². The summed E-state index contributed by atoms with van der Waals surface area (Å²) in [6.07, 6.45) is 1.51. The molecule has 0 aromatic carbocycles. The molecule has 14 heavy (non-hydrogen) atoms. The normalized spacial score (nSPS) is 11.1. The Labute approximate surface area is 79.0 Å². The number of hydrogen-bond acceptors (Lipinski definition) is 3. The highest BCUT2D eigenvalue weighted by Crippen LogP contribution is 2.03. The number of aromatic nitrogens is 4. The quantitative estimate of drug-likeness (QED) is 0.538. The van der Waals surface area contributed by atoms with Gasteiger partial charge in [-0.05, 0) is 0 Å². The summed E-state index contributed by atoms with van der Waals surface area (Å²) in [6, 6.07) is 0. The van der Waals surface area contributed by atoms with Crippen LogP contribution in [0.3, 0.4) is 0 Å². The average Bonchev–Trinajstić information content (AvgIpc) is 2.54. The van der Waals surface area contributed by atoms with E-state index in [0.717, 1.165) is 4.57 Å². The van der Waals surface area contributed by atoms with Crippen LogP contribution in [0, 0.1) is 0 Å². The number of aryl methyl sites for hydroxylation is 2. The van der Waals surface area contributed by atoms with E-state index < -0.39 is 0 Å². The van der Waals surface area contributed by atoms with Crippen molar-refractivity contribution in [2.45, 2.75) is 0 Å². The second kappa shape index (κ2) is 2.57. The molecule has 2 aromatic heterocycles. The highest BCUT2D eigenvalue weighted by atomic mass is 16.2. The van der Waals surface area contributed by atoms with E-state index in [-0.39, 0.29) is 11.2 Å². The molecular weight excluding hydrogens is 184 g/mol. The van der Waals surface area contributed by atoms with Crippen molar-refractivity contribution in [3.63, 3.8) is 0 Å². The van der Waals surface area contributed by atoms with Crippen molar-refractivity contribution in [3.05, 3.63) is 27.0 Å². The van der Waals surface area contributed by atoms with Gasteiger partial charge in [-0.15, -0.1) is 0 Å². The van der Waals surface area contributed by atoms with Crippen LogP contribution in [0.1, 0.15) is 0 Å². The molecule has 0 radical (unpaired) electrons. The third-order valence-electron chi connectivity index (χ3n) is 2.36. The summed E-state index contributed by atoms with van der Waals surface area (Å²) >= 11 is 0. The topological polar surface area (TPSA) is 61.8 Å². The molecule has 0 amide bonds. The van der Waals surface area contributed by atoms with E-state index in [2.05, 4.69) is 5.10 Å². The van der Waals surface area contributed by atoms with Crippen molar-refractivity contribution in [1.29, 1.82) is 0 Å². The molecule has 0 aliphatic carbocycles. The summed E-state index contributed by atoms with van der Waals surface area (Å²) in [7, 11) is 4.75. The van der Waals surface area contributed by atoms with Gasteiger partial charge in [-0.2, -0.15) is 5.10 Å². The van der Waals surface area contributed by atoms with Crippen LogP contribution in [-0.4, -0.2) is 18.9 Å². The molecule has 0 saturated carbocycles. The second-order valence-electron chi connectivity index (χ2n) is 3.21. The van der Waals surface area contributed by atoms with Gasteiger partial charge in [0, 0.05) is 21.1 Å². The van der Waals surface area contributed by atoms with Crippen molar-refractivity contribution in [3.8, 4) is 0 Å². The Morgan fingerprint density at radius 2 is 1.79 bits per heavy atom. The molecule has 0 fully saturated rings. The SMILES string of the molecule is Cn1c(=O)c2c(cnn2C)n(C)c1=O. The number of rotatable bonds is 0. The fourth-order valence-corrected chi connectivity index (χ4v) is 1.49. The van der Waals surface area contributed by atoms with Gasteiger partial charge in [0.1, 0.15) is 5.52 Å². The van der Waals surface area contributed by atoms with Gasteiger partial charge in [0.25, 0.3) is 5.56 Å². The minimum Gasteiger partial charge on any atom is -0.293 e. The Morgan fingerprint density at radius 1 is 1.14 bits per heavy atom. The molecule has 0 atom stereocenters. The van der Waals surface area contributed by atoms with Gasteiger partial charge in [0.2, 0.25) is 0 Å². The molecule has 0 spiro atoms. The average molecular weight is 194 g/mol. The predicted octanol–water partition coefficient (Wildman–Crippen LogP) is -1.03. The summed E-state index contributed by atoms with van der Waals surface area (Å²) < 4.78 is 3.95. The lowest BCUT2D eigenvalue weighted by atomic mass is 10.4. The van der Waals surface area contributed by atoms with Crippen LogP contribution in [0.25, 0.3) is 11.0 Å². The number of hydrogen-bond donors (Lipinski definition) is 0. The minimum atomic E-state index is -0.337. The maximum absolute atomic E-state index is 11.7. The van der Waals surface area contributed by atoms with E-state index in [1.807, 2.05) is 0 Å². The van der Waals surface area contributed by atoms with E-state index in [9.17, 15) is 9.59 Å². The number of nitrogens with zero attached hydrogens (tertiary/aromatic N) is 4. The zero-order valence-electron chi connectivity index (χ0n) is 8.18. The molecule has 2 aromatic rings. The van der Waals surface area contributed by atoms with Crippen LogP contribution in [0.2, 0.25) is 0 Å². The lowest BCUT2D eigenvalue weighted by molar-refractivity contribution is 0.703. The van der Waals surface area contributed by atoms with Gasteiger partial charge in [-0.25, -0.2) is 4.79 Å². The maximum Gasteiger partial charge on any atom is 0.331 e. The summed E-state index contributed by atoms with van der Waals surface area (Å²) in [6.45, 7) is 0. The standard InChI is InChI=1S/C8H10N4O2/c1-10-5-4-9-12(3)6(5)7(13)11(2)8(10)14/h4H,1-3H3. The summed E-state index contributed by atoms with van der Waals surface area (Å²) in [5.41, 5.74) is 0.341. The minimum absolute atomic E-state index is 0.317. The molecule has 6 heteroatoms. The first-order valence-corrected chi connectivity index (χ1v) is 4.11. The molecular formula is C8H10N4O2. The van der Waals surface area contributed by atoms with E-state index in [1.54, 1.807) is 14.1 Å². The van der Waals surface area contributed by atoms with Crippen molar-refractivity contribution in [2.75, 3.05) is 0 Å². The predicted molar refractivity (Wildman–Crippen MR) is 51.2 cm³/mol. The van der Waals surface area contributed by atoms with Crippen LogP contribution in [-0.2, 0) is 21.1 Å². The Morgan fingerprint density at radius 3 is 2.43 bits per heavy atom. The third-order valence-corrected chi connectivity index (χ3v) is 2.36. The van der Waals surface area contributed by atoms with Crippen LogP contribution in [0.5, 0.6) is 0 Å². The van der Waals surface area contributed by atoms with Crippen molar-refractivity contribution in [1.82, 2.24) is 18.9 Å². The second-order valence-corrected chi connectivity index (χ2v) is 3.21. The van der Waals surface area contributed by atoms with Crippen LogP contribution in [0.15, 0.2) is 15.8 Å². The van der Waals surface area contributed by atoms with Gasteiger partial charge < -0.3 is 0 Å². The van der Waals surface area contributed by atoms with E-state index in [4.69, 9.17) is 0 Å². The summed E-state index contributed by atoms with van der Waals surface area (Å²) in [5.74, 6) is 0. The van der Waals surface area contributed by atoms with Gasteiger partial charge in [0.05, 0.1) is 11.7 Å². The van der Waals surface area contributed by atoms with E-state index in [1.165, 1.54) is 22.5 Å². The first-order chi connectivity index (χ1) is 6.54. The molecule has 0 N–H and O–H groups in total. The molecule has 6 nitrogen and oxygen atoms in total. The largest absolute Gasteiger partial charge is 0.331 e. The molecule has 0 aliphatic heterocycles. The number of fused-ring (bicyclic) bond motifs is 1. The van der Waals surface area contributed by atoms with Crippen molar-refractivity contribution in [2.24, 2.45) is 21.1 Å². The fraction of sp³-hybridized carbons (Fsp3) is 0.375. The monoisotopic (exact) mass is 194 g/mol. The maximum atomic E-state index is 11.7. The zero-order valence-corrected chi connectivity index (χ0v) is 8.18. The van der Waals surface area contributed by atoms with Crippen molar-refractivity contribution < 1.29 is 0 Å². The molecule has 2 heterocycles. The van der Waals surface area contributed by atoms with Gasteiger partial charge in [-0.3, -0.25) is 18.6 Å². The zero-order chi connectivity index (χ0) is 10.5. The molecule has 0 unspecified atom stereocenters. The molecule has 0 aliphatic rings. The van der Waals surface area contributed by atoms with Crippen molar-refractivity contribution >= 4 is 11.0 Å².